The Bertz CT molecular complexity index is 3120. The SMILES string of the molecule is C1=CC2c3ccccc3N(c3ccc4sc5ccc(-c6ccc7c(c6)sc6cc(C8N=C(c9ccccc9)NC(c9ccccc9)N8)ccc67)cc5c4c3)C2C=C1. The topological polar surface area (TPSA) is 39.7 Å². The molecule has 272 valence electrons. The second kappa shape index (κ2) is 13.1. The zero-order valence-corrected chi connectivity index (χ0v) is 32.5. The zero-order chi connectivity index (χ0) is 37.5. The van der Waals surface area contributed by atoms with E-state index in [1.165, 1.54) is 74.0 Å². The molecule has 0 saturated carbocycles. The highest BCUT2D eigenvalue weighted by Gasteiger charge is 2.37. The van der Waals surface area contributed by atoms with Crippen molar-refractivity contribution >= 4 is 80.2 Å². The highest BCUT2D eigenvalue weighted by Crippen LogP contribution is 2.49. The lowest BCUT2D eigenvalue weighted by Gasteiger charge is -2.32. The van der Waals surface area contributed by atoms with Crippen molar-refractivity contribution in [3.8, 4) is 11.1 Å². The van der Waals surface area contributed by atoms with Gasteiger partial charge in [-0.3, -0.25) is 5.32 Å². The van der Waals surface area contributed by atoms with Gasteiger partial charge in [0.05, 0.1) is 6.04 Å². The van der Waals surface area contributed by atoms with E-state index in [9.17, 15) is 0 Å². The number of aliphatic imine (C=N–C) groups is 1. The summed E-state index contributed by atoms with van der Waals surface area (Å²) >= 11 is 3.75. The maximum absolute atomic E-state index is 5.20. The first-order valence-electron chi connectivity index (χ1n) is 19.6. The Morgan fingerprint density at radius 3 is 2.07 bits per heavy atom. The molecule has 0 amide bonds. The normalized spacial score (nSPS) is 19.9. The summed E-state index contributed by atoms with van der Waals surface area (Å²) in [5, 5.41) is 12.6. The van der Waals surface area contributed by atoms with Crippen LogP contribution in [0.2, 0.25) is 0 Å². The Labute approximate surface area is 338 Å². The molecule has 6 heteroatoms. The van der Waals surface area contributed by atoms with Crippen molar-refractivity contribution < 1.29 is 0 Å². The number of nitrogens with one attached hydrogen (secondary N) is 2. The third-order valence-electron chi connectivity index (χ3n) is 11.9. The fraction of sp³-hybridized carbons (Fsp3) is 0.0784. The molecular weight excluding hydrogens is 733 g/mol. The molecule has 0 fully saturated rings. The predicted octanol–water partition coefficient (Wildman–Crippen LogP) is 13.2. The first kappa shape index (κ1) is 32.9. The van der Waals surface area contributed by atoms with Gasteiger partial charge >= 0.3 is 0 Å². The van der Waals surface area contributed by atoms with Gasteiger partial charge in [0.25, 0.3) is 0 Å². The molecule has 2 aliphatic heterocycles. The molecule has 7 aromatic carbocycles. The van der Waals surface area contributed by atoms with Crippen molar-refractivity contribution in [2.45, 2.75) is 24.3 Å². The molecule has 2 N–H and O–H groups in total. The standard InChI is InChI=1S/C51H36N4S2/c1-3-11-31(12-4-1)49-52-50(32-13-5-2-6-14-32)54-51(53-49)35-20-24-40-39-23-19-34(28-47(39)57-48(40)29-35)33-21-25-45-41(27-33)42-30-36(22-26-46(42)56-45)55-43-17-9-7-15-37(43)38-16-8-10-18-44(38)55/h1-30,37,43,49,51,53H,(H,52,54). The number of thiophene rings is 2. The maximum Gasteiger partial charge on any atom is 0.131 e. The van der Waals surface area contributed by atoms with E-state index in [0.717, 1.165) is 17.0 Å². The first-order valence-corrected chi connectivity index (χ1v) is 21.2. The van der Waals surface area contributed by atoms with Crippen molar-refractivity contribution in [2.24, 2.45) is 4.99 Å². The largest absolute Gasteiger partial charge is 0.350 e. The number of amidine groups is 1. The quantitative estimate of drug-likeness (QED) is 0.183. The second-order valence-corrected chi connectivity index (χ2v) is 17.3. The minimum Gasteiger partial charge on any atom is -0.350 e. The lowest BCUT2D eigenvalue weighted by molar-refractivity contribution is 0.409. The van der Waals surface area contributed by atoms with E-state index in [0.29, 0.717) is 5.92 Å². The van der Waals surface area contributed by atoms with E-state index in [1.807, 2.05) is 28.7 Å². The summed E-state index contributed by atoms with van der Waals surface area (Å²) in [6, 6.07) is 58.0. The van der Waals surface area contributed by atoms with Crippen molar-refractivity contribution in [3.05, 3.63) is 204 Å². The van der Waals surface area contributed by atoms with Crippen LogP contribution in [-0.2, 0) is 0 Å². The molecule has 0 bridgehead atoms. The molecule has 2 aromatic heterocycles. The molecule has 0 spiro atoms. The first-order chi connectivity index (χ1) is 28.2. The highest BCUT2D eigenvalue weighted by atomic mass is 32.1. The zero-order valence-electron chi connectivity index (χ0n) is 30.8. The average Bonchev–Trinajstić information content (AvgIpc) is 3.95. The van der Waals surface area contributed by atoms with Gasteiger partial charge in [-0.25, -0.2) is 4.99 Å². The van der Waals surface area contributed by atoms with Gasteiger partial charge < -0.3 is 10.2 Å². The van der Waals surface area contributed by atoms with Crippen molar-refractivity contribution in [3.63, 3.8) is 0 Å². The number of hydrogen-bond acceptors (Lipinski definition) is 6. The van der Waals surface area contributed by atoms with E-state index in [2.05, 4.69) is 191 Å². The van der Waals surface area contributed by atoms with Crippen LogP contribution in [-0.4, -0.2) is 11.9 Å². The van der Waals surface area contributed by atoms with Crippen LogP contribution in [0.4, 0.5) is 11.4 Å². The van der Waals surface area contributed by atoms with Gasteiger partial charge in [0.2, 0.25) is 0 Å². The number of benzene rings is 7. The summed E-state index contributed by atoms with van der Waals surface area (Å²) < 4.78 is 5.21. The Kier molecular flexibility index (Phi) is 7.58. The summed E-state index contributed by atoms with van der Waals surface area (Å²) in [6.07, 6.45) is 8.83. The lowest BCUT2D eigenvalue weighted by Crippen LogP contribution is -2.44. The van der Waals surface area contributed by atoms with E-state index >= 15 is 0 Å². The van der Waals surface area contributed by atoms with Gasteiger partial charge in [-0.2, -0.15) is 0 Å². The Morgan fingerprint density at radius 1 is 0.509 bits per heavy atom. The summed E-state index contributed by atoms with van der Waals surface area (Å²) in [7, 11) is 0. The van der Waals surface area contributed by atoms with Gasteiger partial charge in [-0.1, -0.05) is 133 Å². The van der Waals surface area contributed by atoms with E-state index in [4.69, 9.17) is 4.99 Å². The van der Waals surface area contributed by atoms with Crippen LogP contribution in [0.5, 0.6) is 0 Å². The molecule has 3 aliphatic rings. The summed E-state index contributed by atoms with van der Waals surface area (Å²) in [5.74, 6) is 1.27. The number of fused-ring (bicyclic) bond motifs is 9. The molecule has 12 rings (SSSR count). The monoisotopic (exact) mass is 768 g/mol. The molecule has 0 radical (unpaired) electrons. The third kappa shape index (κ3) is 5.47. The number of hydrogen-bond donors (Lipinski definition) is 2. The van der Waals surface area contributed by atoms with Crippen molar-refractivity contribution in [2.75, 3.05) is 4.90 Å². The molecule has 4 unspecified atom stereocenters. The van der Waals surface area contributed by atoms with E-state index in [-0.39, 0.29) is 18.4 Å². The van der Waals surface area contributed by atoms with Crippen LogP contribution < -0.4 is 15.5 Å². The van der Waals surface area contributed by atoms with Crippen LogP contribution in [0.3, 0.4) is 0 Å². The van der Waals surface area contributed by atoms with E-state index in [1.54, 1.807) is 0 Å². The van der Waals surface area contributed by atoms with Crippen molar-refractivity contribution in [1.82, 2.24) is 10.6 Å². The van der Waals surface area contributed by atoms with Crippen LogP contribution in [0, 0.1) is 0 Å². The molecule has 1 aliphatic carbocycles. The van der Waals surface area contributed by atoms with E-state index < -0.39 is 0 Å². The Balaban J connectivity index is 0.898. The molecule has 0 saturated heterocycles. The lowest BCUT2D eigenvalue weighted by atomic mass is 9.91. The second-order valence-electron chi connectivity index (χ2n) is 15.2. The van der Waals surface area contributed by atoms with Gasteiger partial charge in [0, 0.05) is 63.2 Å². The average molecular weight is 769 g/mol. The maximum atomic E-state index is 5.20. The van der Waals surface area contributed by atoms with Gasteiger partial charge in [-0.05, 0) is 76.3 Å². The molecule has 9 aromatic rings. The number of rotatable bonds is 5. The number of allylic oxidation sites excluding steroid dienone is 2. The van der Waals surface area contributed by atoms with Gasteiger partial charge in [0.15, 0.2) is 0 Å². The predicted molar refractivity (Wildman–Crippen MR) is 242 cm³/mol. The van der Waals surface area contributed by atoms with Crippen LogP contribution in [0.15, 0.2) is 187 Å². The highest BCUT2D eigenvalue weighted by molar-refractivity contribution is 7.26. The van der Waals surface area contributed by atoms with Crippen LogP contribution >= 0.6 is 22.7 Å². The van der Waals surface area contributed by atoms with Gasteiger partial charge in [-0.15, -0.1) is 22.7 Å². The Hall–Kier alpha value is -6.31. The minimum absolute atomic E-state index is 0.0652. The fourth-order valence-electron chi connectivity index (χ4n) is 9.12. The summed E-state index contributed by atoms with van der Waals surface area (Å²) in [5.41, 5.74) is 9.86. The molecular formula is C51H36N4S2. The summed E-state index contributed by atoms with van der Waals surface area (Å²) in [6.45, 7) is 0. The van der Waals surface area contributed by atoms with Crippen molar-refractivity contribution in [1.29, 1.82) is 0 Å². The third-order valence-corrected chi connectivity index (χ3v) is 14.1. The fourth-order valence-corrected chi connectivity index (χ4v) is 11.4. The molecule has 4 heterocycles. The number of para-hydroxylation sites is 1. The smallest absolute Gasteiger partial charge is 0.131 e. The minimum atomic E-state index is -0.192. The van der Waals surface area contributed by atoms with Crippen LogP contribution in [0.25, 0.3) is 51.5 Å². The van der Waals surface area contributed by atoms with Crippen LogP contribution in [0.1, 0.15) is 40.5 Å². The number of nitrogens with zero attached hydrogens (tertiary/aromatic N) is 2. The van der Waals surface area contributed by atoms with Gasteiger partial charge in [0.1, 0.15) is 18.2 Å². The Morgan fingerprint density at radius 2 is 1.19 bits per heavy atom. The number of anilines is 2. The molecule has 57 heavy (non-hydrogen) atoms. The summed E-state index contributed by atoms with van der Waals surface area (Å²) in [4.78, 5) is 7.73. The molecule has 4 nitrogen and oxygen atoms in total. The molecule has 4 atom stereocenters.